The van der Waals surface area contributed by atoms with Crippen molar-refractivity contribution in [2.75, 3.05) is 0 Å². The number of cyclic esters (lactones) is 2. The minimum Gasteiger partial charge on any atom is -0.504 e. The number of benzene rings is 2. The Morgan fingerprint density at radius 3 is 1.37 bits per heavy atom. The van der Waals surface area contributed by atoms with Crippen molar-refractivity contribution in [1.82, 2.24) is 0 Å². The predicted octanol–water partition coefficient (Wildman–Crippen LogP) is 1.35. The molecule has 0 aromatic heterocycles. The van der Waals surface area contributed by atoms with Gasteiger partial charge >= 0.3 is 23.3 Å². The summed E-state index contributed by atoms with van der Waals surface area (Å²) in [7, 11) is 0. The summed E-state index contributed by atoms with van der Waals surface area (Å²) in [5, 5.41) is 58.1. The number of carbonyl (C=O) groups excluding carboxylic acids is 2. The highest BCUT2D eigenvalue weighted by atomic mass is 16.6. The minimum atomic E-state index is -0.930. The summed E-state index contributed by atoms with van der Waals surface area (Å²) in [6.45, 7) is -0.272. The lowest BCUT2D eigenvalue weighted by Gasteiger charge is -2.01. The summed E-state index contributed by atoms with van der Waals surface area (Å²) < 4.78 is 9.12. The molecule has 0 radical (unpaired) electrons. The van der Waals surface area contributed by atoms with Crippen molar-refractivity contribution in [3.63, 3.8) is 0 Å². The van der Waals surface area contributed by atoms with Crippen molar-refractivity contribution in [1.29, 1.82) is 0 Å². The summed E-state index contributed by atoms with van der Waals surface area (Å²) >= 11 is 0. The maximum absolute atomic E-state index is 11.1. The summed E-state index contributed by atoms with van der Waals surface area (Å²) in [5.74, 6) is -4.85. The lowest BCUT2D eigenvalue weighted by Crippen LogP contribution is -2.01. The van der Waals surface area contributed by atoms with Crippen LogP contribution in [-0.2, 0) is 22.7 Å². The lowest BCUT2D eigenvalue weighted by atomic mass is 10.1. The Morgan fingerprint density at radius 1 is 0.733 bits per heavy atom. The van der Waals surface area contributed by atoms with Crippen LogP contribution >= 0.6 is 0 Å². The molecule has 14 heteroatoms. The SMILES string of the molecule is O=C1OCc2cc(O)c(O)c([N+](=O)[O-])c21.O=C1OCc2cc(O)c(O)c([N+](=O)[O-])c21. The normalized spacial score (nSPS) is 13.5. The van der Waals surface area contributed by atoms with Crippen LogP contribution in [0.5, 0.6) is 23.0 Å². The number of rotatable bonds is 2. The van der Waals surface area contributed by atoms with E-state index in [4.69, 9.17) is 0 Å². The van der Waals surface area contributed by atoms with E-state index in [1.165, 1.54) is 0 Å². The maximum atomic E-state index is 11.1. The van der Waals surface area contributed by atoms with E-state index in [0.717, 1.165) is 12.1 Å². The molecule has 0 amide bonds. The van der Waals surface area contributed by atoms with E-state index < -0.39 is 56.2 Å². The fourth-order valence-corrected chi connectivity index (χ4v) is 2.86. The van der Waals surface area contributed by atoms with Gasteiger partial charge in [-0.2, -0.15) is 0 Å². The van der Waals surface area contributed by atoms with Crippen LogP contribution in [0.4, 0.5) is 11.4 Å². The highest BCUT2D eigenvalue weighted by molar-refractivity contribution is 6.00. The van der Waals surface area contributed by atoms with Crippen molar-refractivity contribution in [3.8, 4) is 23.0 Å². The topological polar surface area (TPSA) is 220 Å². The minimum absolute atomic E-state index is 0.136. The van der Waals surface area contributed by atoms with Crippen LogP contribution in [0.15, 0.2) is 12.1 Å². The standard InChI is InChI=1S/2C8H5NO6/c2*10-4-1-3-2-15-8(12)5(3)6(7(4)11)9(13)14/h2*1,10-11H,2H2. The van der Waals surface area contributed by atoms with Gasteiger partial charge in [0.15, 0.2) is 11.5 Å². The molecule has 0 saturated heterocycles. The van der Waals surface area contributed by atoms with E-state index in [9.17, 15) is 50.2 Å². The van der Waals surface area contributed by atoms with Crippen LogP contribution in [0.2, 0.25) is 0 Å². The molecule has 0 fully saturated rings. The first-order valence-corrected chi connectivity index (χ1v) is 7.83. The molecule has 0 unspecified atom stereocenters. The van der Waals surface area contributed by atoms with Crippen LogP contribution in [0.25, 0.3) is 0 Å². The second kappa shape index (κ2) is 7.08. The Balaban J connectivity index is 0.000000171. The third-order valence-electron chi connectivity index (χ3n) is 4.16. The molecule has 156 valence electrons. The van der Waals surface area contributed by atoms with Gasteiger partial charge in [0.2, 0.25) is 11.5 Å². The number of carbonyl (C=O) groups is 2. The van der Waals surface area contributed by atoms with Crippen molar-refractivity contribution >= 4 is 23.3 Å². The van der Waals surface area contributed by atoms with Gasteiger partial charge in [0.1, 0.15) is 24.3 Å². The predicted molar refractivity (Wildman–Crippen MR) is 91.1 cm³/mol. The molecule has 0 aliphatic carbocycles. The summed E-state index contributed by atoms with van der Waals surface area (Å²) in [6.07, 6.45) is 0. The van der Waals surface area contributed by atoms with Crippen molar-refractivity contribution < 1.29 is 49.3 Å². The average molecular weight is 422 g/mol. The molecule has 2 aromatic rings. The molecule has 2 aliphatic rings. The third-order valence-corrected chi connectivity index (χ3v) is 4.16. The molecule has 4 N–H and O–H groups in total. The second-order valence-corrected chi connectivity index (χ2v) is 5.92. The molecule has 2 aliphatic heterocycles. The zero-order valence-corrected chi connectivity index (χ0v) is 14.5. The molecule has 0 spiro atoms. The van der Waals surface area contributed by atoms with Crippen LogP contribution < -0.4 is 0 Å². The molecule has 4 rings (SSSR count). The fourth-order valence-electron chi connectivity index (χ4n) is 2.86. The number of phenols is 4. The van der Waals surface area contributed by atoms with E-state index in [1.807, 2.05) is 0 Å². The Labute approximate surface area is 164 Å². The maximum Gasteiger partial charge on any atom is 0.346 e. The zero-order chi connectivity index (χ0) is 22.3. The molecular weight excluding hydrogens is 412 g/mol. The van der Waals surface area contributed by atoms with Gasteiger partial charge in [0, 0.05) is 11.1 Å². The number of nitro groups is 2. The van der Waals surface area contributed by atoms with Crippen LogP contribution in [-0.4, -0.2) is 42.2 Å². The van der Waals surface area contributed by atoms with Crippen molar-refractivity contribution in [3.05, 3.63) is 54.6 Å². The number of aromatic hydroxyl groups is 4. The number of esters is 2. The third kappa shape index (κ3) is 3.11. The largest absolute Gasteiger partial charge is 0.504 e. The molecule has 0 saturated carbocycles. The molecule has 2 heterocycles. The van der Waals surface area contributed by atoms with Gasteiger partial charge in [-0.15, -0.1) is 0 Å². The van der Waals surface area contributed by atoms with Crippen LogP contribution in [0.1, 0.15) is 31.8 Å². The summed E-state index contributed by atoms with van der Waals surface area (Å²) in [6, 6.07) is 2.14. The van der Waals surface area contributed by atoms with Gasteiger partial charge in [-0.3, -0.25) is 20.2 Å². The number of fused-ring (bicyclic) bond motifs is 2. The number of nitro benzene ring substituents is 2. The van der Waals surface area contributed by atoms with E-state index >= 15 is 0 Å². The molecule has 0 bridgehead atoms. The van der Waals surface area contributed by atoms with E-state index in [2.05, 4.69) is 9.47 Å². The van der Waals surface area contributed by atoms with E-state index in [-0.39, 0.29) is 35.5 Å². The Bertz CT molecular complexity index is 1050. The van der Waals surface area contributed by atoms with Gasteiger partial charge in [-0.25, -0.2) is 9.59 Å². The van der Waals surface area contributed by atoms with Crippen LogP contribution in [0.3, 0.4) is 0 Å². The summed E-state index contributed by atoms with van der Waals surface area (Å²) in [5.41, 5.74) is -1.82. The number of phenolic OH excluding ortho intramolecular Hbond substituents is 4. The second-order valence-electron chi connectivity index (χ2n) is 5.92. The number of hydrogen-bond acceptors (Lipinski definition) is 12. The molecular formula is C16H10N2O12. The molecule has 2 aromatic carbocycles. The van der Waals surface area contributed by atoms with Gasteiger partial charge in [-0.1, -0.05) is 0 Å². The van der Waals surface area contributed by atoms with E-state index in [0.29, 0.717) is 0 Å². The first-order chi connectivity index (χ1) is 14.0. The summed E-state index contributed by atoms with van der Waals surface area (Å²) in [4.78, 5) is 41.6. The lowest BCUT2D eigenvalue weighted by molar-refractivity contribution is -0.386. The Morgan fingerprint density at radius 2 is 1.07 bits per heavy atom. The quantitative estimate of drug-likeness (QED) is 0.233. The first kappa shape index (κ1) is 20.1. The highest BCUT2D eigenvalue weighted by Gasteiger charge is 2.37. The fraction of sp³-hybridized carbons (Fsp3) is 0.125. The Kier molecular flexibility index (Phi) is 4.75. The van der Waals surface area contributed by atoms with Gasteiger partial charge in [0.05, 0.1) is 9.85 Å². The number of hydrogen-bond donors (Lipinski definition) is 4. The van der Waals surface area contributed by atoms with Gasteiger partial charge in [0.25, 0.3) is 0 Å². The monoisotopic (exact) mass is 422 g/mol. The zero-order valence-electron chi connectivity index (χ0n) is 14.5. The smallest absolute Gasteiger partial charge is 0.346 e. The first-order valence-electron chi connectivity index (χ1n) is 7.83. The van der Waals surface area contributed by atoms with E-state index in [1.54, 1.807) is 0 Å². The van der Waals surface area contributed by atoms with Gasteiger partial charge < -0.3 is 29.9 Å². The molecule has 30 heavy (non-hydrogen) atoms. The van der Waals surface area contributed by atoms with Crippen molar-refractivity contribution in [2.45, 2.75) is 13.2 Å². The van der Waals surface area contributed by atoms with Gasteiger partial charge in [-0.05, 0) is 12.1 Å². The van der Waals surface area contributed by atoms with Crippen LogP contribution in [0, 0.1) is 20.2 Å². The highest BCUT2D eigenvalue weighted by Crippen LogP contribution is 2.43. The molecule has 0 atom stereocenters. The molecule has 14 nitrogen and oxygen atoms in total. The average Bonchev–Trinajstić information content (AvgIpc) is 3.20. The Hall–Kier alpha value is -4.62. The number of ether oxygens (including phenoxy) is 2. The number of nitrogens with zero attached hydrogens (tertiary/aromatic N) is 2. The van der Waals surface area contributed by atoms with Crippen molar-refractivity contribution in [2.24, 2.45) is 0 Å².